The van der Waals surface area contributed by atoms with E-state index in [9.17, 15) is 9.90 Å². The van der Waals surface area contributed by atoms with E-state index in [2.05, 4.69) is 0 Å². The van der Waals surface area contributed by atoms with E-state index in [4.69, 9.17) is 13.9 Å². The molecule has 1 N–H and O–H groups in total. The minimum atomic E-state index is -0.462. The van der Waals surface area contributed by atoms with E-state index in [1.807, 2.05) is 19.9 Å². The second-order valence-electron chi connectivity index (χ2n) is 4.88. The number of fused-ring (bicyclic) bond motifs is 1. The van der Waals surface area contributed by atoms with Gasteiger partial charge in [0.15, 0.2) is 11.5 Å². The van der Waals surface area contributed by atoms with Crippen LogP contribution in [0.4, 0.5) is 0 Å². The van der Waals surface area contributed by atoms with Gasteiger partial charge in [0.25, 0.3) is 0 Å². The third-order valence-corrected chi connectivity index (χ3v) is 3.18. The van der Waals surface area contributed by atoms with E-state index < -0.39 is 5.63 Å². The molecule has 0 radical (unpaired) electrons. The molecule has 0 atom stereocenters. The first-order chi connectivity index (χ1) is 9.99. The Morgan fingerprint density at radius 3 is 2.48 bits per heavy atom. The third kappa shape index (κ3) is 2.72. The van der Waals surface area contributed by atoms with Crippen molar-refractivity contribution in [2.24, 2.45) is 0 Å². The molecule has 112 valence electrons. The summed E-state index contributed by atoms with van der Waals surface area (Å²) in [5.74, 6) is 0.385. The smallest absolute Gasteiger partial charge is 0.336 e. The zero-order valence-corrected chi connectivity index (χ0v) is 12.5. The van der Waals surface area contributed by atoms with Crippen LogP contribution in [-0.4, -0.2) is 19.3 Å². The molecule has 0 unspecified atom stereocenters. The SMILES string of the molecule is COc1c(O)c(OC)c2ccc(=O)oc2c1CC=C(C)C. The summed E-state index contributed by atoms with van der Waals surface area (Å²) in [6, 6.07) is 2.87. The molecule has 21 heavy (non-hydrogen) atoms. The molecule has 0 amide bonds. The van der Waals surface area contributed by atoms with Gasteiger partial charge in [0.1, 0.15) is 5.58 Å². The summed E-state index contributed by atoms with van der Waals surface area (Å²) in [6.45, 7) is 3.93. The molecule has 5 nitrogen and oxygen atoms in total. The highest BCUT2D eigenvalue weighted by Crippen LogP contribution is 2.45. The van der Waals surface area contributed by atoms with Crippen LogP contribution in [0.2, 0.25) is 0 Å². The molecule has 1 aromatic carbocycles. The molecule has 1 aromatic heterocycles. The fourth-order valence-electron chi connectivity index (χ4n) is 2.21. The quantitative estimate of drug-likeness (QED) is 0.692. The van der Waals surface area contributed by atoms with Crippen LogP contribution in [0.5, 0.6) is 17.2 Å². The Kier molecular flexibility index (Phi) is 4.21. The summed E-state index contributed by atoms with van der Waals surface area (Å²) in [5, 5.41) is 10.8. The van der Waals surface area contributed by atoms with E-state index in [0.29, 0.717) is 23.0 Å². The highest BCUT2D eigenvalue weighted by atomic mass is 16.5. The van der Waals surface area contributed by atoms with Gasteiger partial charge >= 0.3 is 5.63 Å². The first kappa shape index (κ1) is 15.0. The first-order valence-corrected chi connectivity index (χ1v) is 6.52. The second kappa shape index (κ2) is 5.91. The Morgan fingerprint density at radius 2 is 1.90 bits per heavy atom. The Bertz CT molecular complexity index is 751. The van der Waals surface area contributed by atoms with E-state index >= 15 is 0 Å². The molecular formula is C16H18O5. The van der Waals surface area contributed by atoms with Gasteiger partial charge in [-0.25, -0.2) is 4.79 Å². The number of aromatic hydroxyl groups is 1. The Morgan fingerprint density at radius 1 is 1.24 bits per heavy atom. The number of rotatable bonds is 4. The van der Waals surface area contributed by atoms with Crippen LogP contribution in [-0.2, 0) is 6.42 Å². The van der Waals surface area contributed by atoms with Gasteiger partial charge in [0.05, 0.1) is 19.6 Å². The molecule has 0 bridgehead atoms. The largest absolute Gasteiger partial charge is 0.502 e. The monoisotopic (exact) mass is 290 g/mol. The van der Waals surface area contributed by atoms with Crippen molar-refractivity contribution in [3.63, 3.8) is 0 Å². The van der Waals surface area contributed by atoms with Gasteiger partial charge in [0, 0.05) is 11.6 Å². The van der Waals surface area contributed by atoms with Crippen molar-refractivity contribution in [2.75, 3.05) is 14.2 Å². The van der Waals surface area contributed by atoms with Crippen molar-refractivity contribution in [2.45, 2.75) is 20.3 Å². The van der Waals surface area contributed by atoms with Crippen molar-refractivity contribution in [1.29, 1.82) is 0 Å². The van der Waals surface area contributed by atoms with Crippen LogP contribution < -0.4 is 15.1 Å². The summed E-state index contributed by atoms with van der Waals surface area (Å²) >= 11 is 0. The zero-order valence-electron chi connectivity index (χ0n) is 12.5. The Balaban J connectivity index is 2.88. The van der Waals surface area contributed by atoms with Crippen molar-refractivity contribution in [1.82, 2.24) is 0 Å². The van der Waals surface area contributed by atoms with Gasteiger partial charge in [0.2, 0.25) is 5.75 Å². The Hall–Kier alpha value is -2.43. The molecule has 0 fully saturated rings. The molecule has 5 heteroatoms. The summed E-state index contributed by atoms with van der Waals surface area (Å²) in [7, 11) is 2.89. The van der Waals surface area contributed by atoms with Crippen LogP contribution in [0.15, 0.2) is 33.0 Å². The molecule has 2 aromatic rings. The van der Waals surface area contributed by atoms with Gasteiger partial charge in [-0.05, 0) is 26.3 Å². The number of allylic oxidation sites excluding steroid dienone is 2. The molecular weight excluding hydrogens is 272 g/mol. The number of benzene rings is 1. The lowest BCUT2D eigenvalue weighted by atomic mass is 10.0. The predicted octanol–water partition coefficient (Wildman–Crippen LogP) is 3.02. The van der Waals surface area contributed by atoms with E-state index in [1.165, 1.54) is 20.3 Å². The fourth-order valence-corrected chi connectivity index (χ4v) is 2.21. The van der Waals surface area contributed by atoms with Gasteiger partial charge < -0.3 is 19.0 Å². The van der Waals surface area contributed by atoms with Crippen LogP contribution in [0.3, 0.4) is 0 Å². The topological polar surface area (TPSA) is 68.9 Å². The van der Waals surface area contributed by atoms with Crippen LogP contribution in [0.1, 0.15) is 19.4 Å². The third-order valence-electron chi connectivity index (χ3n) is 3.18. The standard InChI is InChI=1S/C16H18O5/c1-9(2)5-6-10-14-11(7-8-12(17)21-14)16(20-4)13(18)15(10)19-3/h5,7-8,18H,6H2,1-4H3. The lowest BCUT2D eigenvalue weighted by Crippen LogP contribution is -2.01. The highest BCUT2D eigenvalue weighted by molar-refractivity contribution is 5.92. The molecule has 0 aliphatic rings. The predicted molar refractivity (Wildman–Crippen MR) is 80.4 cm³/mol. The number of phenolic OH excluding ortho intramolecular Hbond substituents is 1. The molecule has 0 saturated carbocycles. The van der Waals surface area contributed by atoms with Crippen molar-refractivity contribution >= 4 is 11.0 Å². The zero-order chi connectivity index (χ0) is 15.6. The lowest BCUT2D eigenvalue weighted by Gasteiger charge is -2.15. The second-order valence-corrected chi connectivity index (χ2v) is 4.88. The highest BCUT2D eigenvalue weighted by Gasteiger charge is 2.22. The molecule has 0 aliphatic carbocycles. The van der Waals surface area contributed by atoms with Crippen molar-refractivity contribution < 1.29 is 19.0 Å². The number of hydrogen-bond donors (Lipinski definition) is 1. The summed E-state index contributed by atoms with van der Waals surface area (Å²) < 4.78 is 15.8. The number of ether oxygens (including phenoxy) is 2. The number of phenols is 1. The van der Waals surface area contributed by atoms with Crippen LogP contribution >= 0.6 is 0 Å². The van der Waals surface area contributed by atoms with Crippen LogP contribution in [0, 0.1) is 0 Å². The van der Waals surface area contributed by atoms with E-state index in [1.54, 1.807) is 6.07 Å². The fraction of sp³-hybridized carbons (Fsp3) is 0.312. The van der Waals surface area contributed by atoms with Gasteiger partial charge in [-0.15, -0.1) is 0 Å². The minimum absolute atomic E-state index is 0.0986. The molecule has 2 rings (SSSR count). The van der Waals surface area contributed by atoms with E-state index in [0.717, 1.165) is 5.57 Å². The molecule has 0 saturated heterocycles. The molecule has 0 spiro atoms. The van der Waals surface area contributed by atoms with E-state index in [-0.39, 0.29) is 17.2 Å². The van der Waals surface area contributed by atoms with Gasteiger partial charge in [-0.1, -0.05) is 11.6 Å². The normalized spacial score (nSPS) is 10.5. The average molecular weight is 290 g/mol. The van der Waals surface area contributed by atoms with Crippen molar-refractivity contribution in [3.8, 4) is 17.2 Å². The Labute approximate surface area is 122 Å². The minimum Gasteiger partial charge on any atom is -0.502 e. The lowest BCUT2D eigenvalue weighted by molar-refractivity contribution is 0.339. The number of methoxy groups -OCH3 is 2. The first-order valence-electron chi connectivity index (χ1n) is 6.52. The summed E-state index contributed by atoms with van der Waals surface area (Å²) in [5.41, 5.74) is 1.63. The maximum atomic E-state index is 11.5. The van der Waals surface area contributed by atoms with Crippen molar-refractivity contribution in [3.05, 3.63) is 39.8 Å². The van der Waals surface area contributed by atoms with Crippen LogP contribution in [0.25, 0.3) is 11.0 Å². The maximum absolute atomic E-state index is 11.5. The summed E-state index contributed by atoms with van der Waals surface area (Å²) in [6.07, 6.45) is 2.45. The molecule has 0 aliphatic heterocycles. The summed E-state index contributed by atoms with van der Waals surface area (Å²) in [4.78, 5) is 11.5. The maximum Gasteiger partial charge on any atom is 0.336 e. The van der Waals surface area contributed by atoms with Gasteiger partial charge in [-0.3, -0.25) is 0 Å². The number of hydrogen-bond acceptors (Lipinski definition) is 5. The molecule has 1 heterocycles. The average Bonchev–Trinajstić information content (AvgIpc) is 2.44. The van der Waals surface area contributed by atoms with Gasteiger partial charge in [-0.2, -0.15) is 0 Å².